The van der Waals surface area contributed by atoms with E-state index < -0.39 is 9.84 Å². The van der Waals surface area contributed by atoms with Gasteiger partial charge in [0.1, 0.15) is 9.84 Å². The minimum Gasteiger partial charge on any atom is -0.310 e. The van der Waals surface area contributed by atoms with Crippen LogP contribution in [0.5, 0.6) is 0 Å². The second kappa shape index (κ2) is 7.25. The molecule has 1 saturated carbocycles. The molecule has 1 heterocycles. The summed E-state index contributed by atoms with van der Waals surface area (Å²) in [6, 6.07) is 0.306. The summed E-state index contributed by atoms with van der Waals surface area (Å²) in [6.07, 6.45) is 6.28. The van der Waals surface area contributed by atoms with Gasteiger partial charge < -0.3 is 5.32 Å². The van der Waals surface area contributed by atoms with Crippen LogP contribution < -0.4 is 5.32 Å². The van der Waals surface area contributed by atoms with E-state index in [0.717, 1.165) is 38.6 Å². The summed E-state index contributed by atoms with van der Waals surface area (Å²) in [5, 5.41) is 7.93. The van der Waals surface area contributed by atoms with Gasteiger partial charge in [0.15, 0.2) is 0 Å². The van der Waals surface area contributed by atoms with Crippen LogP contribution in [0, 0.1) is 12.8 Å². The van der Waals surface area contributed by atoms with Gasteiger partial charge in [0.2, 0.25) is 0 Å². The summed E-state index contributed by atoms with van der Waals surface area (Å²) in [6.45, 7) is 5.31. The molecule has 2 rings (SSSR count). The zero-order chi connectivity index (χ0) is 15.5. The second-order valence-electron chi connectivity index (χ2n) is 6.32. The van der Waals surface area contributed by atoms with E-state index >= 15 is 0 Å². The number of sulfone groups is 1. The molecule has 0 aromatic carbocycles. The van der Waals surface area contributed by atoms with Crippen molar-refractivity contribution in [1.29, 1.82) is 0 Å². The maximum absolute atomic E-state index is 11.9. The Kier molecular flexibility index (Phi) is 5.86. The molecule has 0 saturated heterocycles. The molecule has 1 N–H and O–H groups in total. The third-order valence-electron chi connectivity index (χ3n) is 4.59. The van der Waals surface area contributed by atoms with E-state index in [4.69, 9.17) is 0 Å². The number of rotatable bonds is 6. The van der Waals surface area contributed by atoms with Gasteiger partial charge >= 0.3 is 0 Å². The molecule has 5 heteroatoms. The van der Waals surface area contributed by atoms with Gasteiger partial charge in [-0.3, -0.25) is 0 Å². The van der Waals surface area contributed by atoms with Gasteiger partial charge in [0.05, 0.1) is 5.25 Å². The van der Waals surface area contributed by atoms with Gasteiger partial charge in [0.25, 0.3) is 0 Å². The molecular weight excluding hydrogens is 302 g/mol. The van der Waals surface area contributed by atoms with Crippen LogP contribution in [0.3, 0.4) is 0 Å². The molecule has 1 aromatic rings. The second-order valence-corrected chi connectivity index (χ2v) is 9.39. The van der Waals surface area contributed by atoms with Gasteiger partial charge in [-0.25, -0.2) is 8.42 Å². The van der Waals surface area contributed by atoms with E-state index in [2.05, 4.69) is 29.9 Å². The molecule has 120 valence electrons. The molecule has 1 aliphatic rings. The molecule has 1 aliphatic carbocycles. The van der Waals surface area contributed by atoms with E-state index in [1.807, 2.05) is 0 Å². The maximum atomic E-state index is 11.9. The van der Waals surface area contributed by atoms with E-state index in [1.54, 1.807) is 11.3 Å². The molecular formula is C16H27NO2S2. The average Bonchev–Trinajstić information content (AvgIpc) is 2.85. The number of hydrogen-bond donors (Lipinski definition) is 1. The lowest BCUT2D eigenvalue weighted by atomic mass is 9.80. The molecule has 3 atom stereocenters. The highest BCUT2D eigenvalue weighted by Crippen LogP contribution is 2.38. The van der Waals surface area contributed by atoms with Gasteiger partial charge in [0, 0.05) is 12.3 Å². The van der Waals surface area contributed by atoms with E-state index in [1.165, 1.54) is 17.4 Å². The van der Waals surface area contributed by atoms with Gasteiger partial charge in [-0.2, -0.15) is 11.3 Å². The van der Waals surface area contributed by atoms with Crippen LogP contribution in [0.2, 0.25) is 0 Å². The molecule has 0 spiro atoms. The van der Waals surface area contributed by atoms with Crippen molar-refractivity contribution in [2.24, 2.45) is 5.92 Å². The van der Waals surface area contributed by atoms with E-state index in [9.17, 15) is 8.42 Å². The lowest BCUT2D eigenvalue weighted by molar-refractivity contribution is 0.273. The van der Waals surface area contributed by atoms with Gasteiger partial charge in [-0.1, -0.05) is 13.3 Å². The zero-order valence-electron chi connectivity index (χ0n) is 13.3. The minimum absolute atomic E-state index is 0.152. The highest BCUT2D eigenvalue weighted by Gasteiger charge is 2.34. The fraction of sp³-hybridized carbons (Fsp3) is 0.750. The lowest BCUT2D eigenvalue weighted by Gasteiger charge is -2.34. The number of nitrogens with one attached hydrogen (secondary N) is 1. The van der Waals surface area contributed by atoms with Crippen molar-refractivity contribution in [2.45, 2.75) is 57.2 Å². The highest BCUT2D eigenvalue weighted by molar-refractivity contribution is 7.91. The Morgan fingerprint density at radius 1 is 1.38 bits per heavy atom. The highest BCUT2D eigenvalue weighted by atomic mass is 32.2. The Bertz CT molecular complexity index is 550. The SMILES string of the molecule is CCCNC(c1cscc1C)C1CCCC(S(C)(=O)=O)C1. The molecule has 0 amide bonds. The molecule has 0 bridgehead atoms. The predicted octanol–water partition coefficient (Wildman–Crippen LogP) is 3.70. The van der Waals surface area contributed by atoms with Crippen LogP contribution in [0.25, 0.3) is 0 Å². The summed E-state index contributed by atoms with van der Waals surface area (Å²) in [5.74, 6) is 0.429. The smallest absolute Gasteiger partial charge is 0.150 e. The summed E-state index contributed by atoms with van der Waals surface area (Å²) in [7, 11) is -2.92. The molecule has 21 heavy (non-hydrogen) atoms. The topological polar surface area (TPSA) is 46.2 Å². The first-order chi connectivity index (χ1) is 9.93. The van der Waals surface area contributed by atoms with Crippen LogP contribution in [0.4, 0.5) is 0 Å². The largest absolute Gasteiger partial charge is 0.310 e. The molecule has 1 aromatic heterocycles. The Labute approximate surface area is 133 Å². The summed E-state index contributed by atoms with van der Waals surface area (Å²) in [5.41, 5.74) is 2.70. The lowest BCUT2D eigenvalue weighted by Crippen LogP contribution is -2.36. The number of thiophene rings is 1. The third kappa shape index (κ3) is 4.30. The Balaban J connectivity index is 2.18. The van der Waals surface area contributed by atoms with Crippen LogP contribution in [0.15, 0.2) is 10.8 Å². The third-order valence-corrected chi connectivity index (χ3v) is 7.11. The van der Waals surface area contributed by atoms with Crippen molar-refractivity contribution in [3.05, 3.63) is 21.9 Å². The van der Waals surface area contributed by atoms with Crippen LogP contribution >= 0.6 is 11.3 Å². The fourth-order valence-corrected chi connectivity index (χ4v) is 5.47. The van der Waals surface area contributed by atoms with Crippen LogP contribution in [-0.2, 0) is 9.84 Å². The normalized spacial score (nSPS) is 24.9. The standard InChI is InChI=1S/C16H27NO2S2/c1-4-8-17-16(15-11-20-10-12(15)2)13-6-5-7-14(9-13)21(3,18)19/h10-11,13-14,16-17H,4-9H2,1-3H3. The first-order valence-corrected chi connectivity index (χ1v) is 10.8. The Hall–Kier alpha value is -0.390. The van der Waals surface area contributed by atoms with Gasteiger partial charge in [-0.15, -0.1) is 0 Å². The number of aryl methyl sites for hydroxylation is 1. The first-order valence-electron chi connectivity index (χ1n) is 7.88. The zero-order valence-corrected chi connectivity index (χ0v) is 14.9. The van der Waals surface area contributed by atoms with Crippen molar-refractivity contribution in [1.82, 2.24) is 5.32 Å². The van der Waals surface area contributed by atoms with Crippen LogP contribution in [-0.4, -0.2) is 26.5 Å². The quantitative estimate of drug-likeness (QED) is 0.865. The molecule has 3 unspecified atom stereocenters. The van der Waals surface area contributed by atoms with E-state index in [-0.39, 0.29) is 5.25 Å². The van der Waals surface area contributed by atoms with Crippen molar-refractivity contribution in [3.8, 4) is 0 Å². The maximum Gasteiger partial charge on any atom is 0.150 e. The summed E-state index contributed by atoms with van der Waals surface area (Å²) in [4.78, 5) is 0. The summed E-state index contributed by atoms with van der Waals surface area (Å²) >= 11 is 1.74. The Morgan fingerprint density at radius 2 is 2.14 bits per heavy atom. The molecule has 1 fully saturated rings. The van der Waals surface area contributed by atoms with Gasteiger partial charge in [-0.05, 0) is 67.0 Å². The van der Waals surface area contributed by atoms with E-state index in [0.29, 0.717) is 12.0 Å². The number of hydrogen-bond acceptors (Lipinski definition) is 4. The average molecular weight is 330 g/mol. The minimum atomic E-state index is -2.92. The molecule has 0 radical (unpaired) electrons. The summed E-state index contributed by atoms with van der Waals surface area (Å²) < 4.78 is 23.8. The van der Waals surface area contributed by atoms with Crippen molar-refractivity contribution in [3.63, 3.8) is 0 Å². The predicted molar refractivity (Wildman–Crippen MR) is 90.7 cm³/mol. The molecule has 3 nitrogen and oxygen atoms in total. The Morgan fingerprint density at radius 3 is 2.71 bits per heavy atom. The fourth-order valence-electron chi connectivity index (χ4n) is 3.39. The van der Waals surface area contributed by atoms with Crippen LogP contribution in [0.1, 0.15) is 56.2 Å². The molecule has 0 aliphatic heterocycles. The van der Waals surface area contributed by atoms with Crippen molar-refractivity contribution < 1.29 is 8.42 Å². The monoisotopic (exact) mass is 329 g/mol. The first kappa shape index (κ1) is 17.0. The van der Waals surface area contributed by atoms with Crippen molar-refractivity contribution >= 4 is 21.2 Å². The van der Waals surface area contributed by atoms with Crippen molar-refractivity contribution in [2.75, 3.05) is 12.8 Å².